The normalized spacial score (nSPS) is 10.2. The van der Waals surface area contributed by atoms with Crippen molar-refractivity contribution in [2.75, 3.05) is 30.3 Å². The number of para-hydroxylation sites is 1. The molecule has 0 bridgehead atoms. The van der Waals surface area contributed by atoms with E-state index in [1.807, 2.05) is 38.1 Å². The molecule has 0 fully saturated rings. The average molecular weight is 308 g/mol. The smallest absolute Gasteiger partial charge is 0.228 e. The molecule has 1 aromatic heterocycles. The molecule has 0 aliphatic heterocycles. The van der Waals surface area contributed by atoms with E-state index < -0.39 is 0 Å². The highest BCUT2D eigenvalue weighted by atomic mass is 35.5. The van der Waals surface area contributed by atoms with Gasteiger partial charge in [-0.1, -0.05) is 18.2 Å². The highest BCUT2D eigenvalue weighted by Gasteiger charge is 2.04. The van der Waals surface area contributed by atoms with Crippen molar-refractivity contribution >= 4 is 23.5 Å². The second-order valence-electron chi connectivity index (χ2n) is 4.32. The predicted octanol–water partition coefficient (Wildman–Crippen LogP) is 2.76. The van der Waals surface area contributed by atoms with Gasteiger partial charge in [-0.3, -0.25) is 0 Å². The number of nitrogens with one attached hydrogen (secondary N) is 2. The van der Waals surface area contributed by atoms with Crippen molar-refractivity contribution in [3.05, 3.63) is 35.1 Å². The summed E-state index contributed by atoms with van der Waals surface area (Å²) in [7, 11) is 0. The number of aryl methyl sites for hydroxylation is 1. The van der Waals surface area contributed by atoms with Crippen LogP contribution in [0.3, 0.4) is 0 Å². The van der Waals surface area contributed by atoms with Crippen molar-refractivity contribution in [2.24, 2.45) is 0 Å². The third-order valence-electron chi connectivity index (χ3n) is 2.68. The zero-order valence-electron chi connectivity index (χ0n) is 12.1. The lowest BCUT2D eigenvalue weighted by Gasteiger charge is -2.10. The third-order valence-corrected chi connectivity index (χ3v) is 2.85. The molecular weight excluding hydrogens is 290 g/mol. The van der Waals surface area contributed by atoms with E-state index in [1.165, 1.54) is 0 Å². The van der Waals surface area contributed by atoms with E-state index in [0.29, 0.717) is 25.0 Å². The van der Waals surface area contributed by atoms with E-state index in [9.17, 15) is 0 Å². The van der Waals surface area contributed by atoms with E-state index in [-0.39, 0.29) is 5.28 Å². The fraction of sp³-hybridized carbons (Fsp3) is 0.357. The predicted molar refractivity (Wildman–Crippen MR) is 84.2 cm³/mol. The van der Waals surface area contributed by atoms with Crippen LogP contribution >= 0.6 is 11.6 Å². The Morgan fingerprint density at radius 2 is 1.81 bits per heavy atom. The van der Waals surface area contributed by atoms with Gasteiger partial charge in [0.1, 0.15) is 12.4 Å². The third kappa shape index (κ3) is 4.75. The molecule has 1 aromatic carbocycles. The SMILES string of the molecule is CCNc1nc(Cl)nc(NCCOc2ccccc2C)n1. The van der Waals surface area contributed by atoms with Gasteiger partial charge in [0.25, 0.3) is 0 Å². The van der Waals surface area contributed by atoms with Crippen molar-refractivity contribution < 1.29 is 4.74 Å². The molecular formula is C14H18ClN5O. The van der Waals surface area contributed by atoms with Gasteiger partial charge in [0, 0.05) is 6.54 Å². The zero-order valence-corrected chi connectivity index (χ0v) is 12.8. The summed E-state index contributed by atoms with van der Waals surface area (Å²) >= 11 is 5.84. The van der Waals surface area contributed by atoms with Crippen molar-refractivity contribution in [1.82, 2.24) is 15.0 Å². The summed E-state index contributed by atoms with van der Waals surface area (Å²) in [5.74, 6) is 1.76. The molecule has 112 valence electrons. The Kier molecular flexibility index (Phi) is 5.57. The maximum Gasteiger partial charge on any atom is 0.228 e. The quantitative estimate of drug-likeness (QED) is 0.766. The van der Waals surface area contributed by atoms with Gasteiger partial charge in [0.2, 0.25) is 17.2 Å². The molecule has 6 nitrogen and oxygen atoms in total. The summed E-state index contributed by atoms with van der Waals surface area (Å²) in [6.07, 6.45) is 0. The Balaban J connectivity index is 1.85. The molecule has 0 amide bonds. The van der Waals surface area contributed by atoms with Gasteiger partial charge in [-0.05, 0) is 37.1 Å². The Morgan fingerprint density at radius 3 is 2.52 bits per heavy atom. The number of anilines is 2. The van der Waals surface area contributed by atoms with Crippen LogP contribution in [-0.4, -0.2) is 34.6 Å². The van der Waals surface area contributed by atoms with Crippen molar-refractivity contribution in [3.63, 3.8) is 0 Å². The van der Waals surface area contributed by atoms with Gasteiger partial charge in [0.05, 0.1) is 6.54 Å². The number of ether oxygens (including phenoxy) is 1. The molecule has 2 rings (SSSR count). The van der Waals surface area contributed by atoms with Crippen LogP contribution in [0.25, 0.3) is 0 Å². The summed E-state index contributed by atoms with van der Waals surface area (Å²) < 4.78 is 5.68. The molecule has 1 heterocycles. The maximum absolute atomic E-state index is 5.84. The van der Waals surface area contributed by atoms with Crippen molar-refractivity contribution in [2.45, 2.75) is 13.8 Å². The number of hydrogen-bond donors (Lipinski definition) is 2. The van der Waals surface area contributed by atoms with Gasteiger partial charge in [-0.15, -0.1) is 0 Å². The van der Waals surface area contributed by atoms with Crippen LogP contribution < -0.4 is 15.4 Å². The molecule has 0 unspecified atom stereocenters. The fourth-order valence-electron chi connectivity index (χ4n) is 1.71. The maximum atomic E-state index is 5.84. The Hall–Kier alpha value is -2.08. The second kappa shape index (κ2) is 7.64. The molecule has 0 spiro atoms. The first-order valence-corrected chi connectivity index (χ1v) is 7.14. The minimum Gasteiger partial charge on any atom is -0.491 e. The summed E-state index contributed by atoms with van der Waals surface area (Å²) in [4.78, 5) is 12.2. The van der Waals surface area contributed by atoms with Gasteiger partial charge < -0.3 is 15.4 Å². The molecule has 0 atom stereocenters. The molecule has 21 heavy (non-hydrogen) atoms. The van der Waals surface area contributed by atoms with Crippen molar-refractivity contribution in [1.29, 1.82) is 0 Å². The molecule has 0 aliphatic rings. The van der Waals surface area contributed by atoms with Crippen LogP contribution in [0.1, 0.15) is 12.5 Å². The molecule has 0 saturated heterocycles. The Morgan fingerprint density at radius 1 is 1.10 bits per heavy atom. The van der Waals surface area contributed by atoms with Crippen LogP contribution in [0, 0.1) is 6.92 Å². The number of benzene rings is 1. The molecule has 0 radical (unpaired) electrons. The topological polar surface area (TPSA) is 72.0 Å². The summed E-state index contributed by atoms with van der Waals surface area (Å²) in [6.45, 7) is 5.76. The van der Waals surface area contributed by atoms with Gasteiger partial charge >= 0.3 is 0 Å². The van der Waals surface area contributed by atoms with Gasteiger partial charge in [0.15, 0.2) is 0 Å². The molecule has 2 aromatic rings. The fourth-order valence-corrected chi connectivity index (χ4v) is 1.87. The standard InChI is InChI=1S/C14H18ClN5O/c1-3-16-13-18-12(15)19-14(20-13)17-8-9-21-11-7-5-4-6-10(11)2/h4-7H,3,8-9H2,1-2H3,(H2,16,17,18,19,20). The minimum absolute atomic E-state index is 0.156. The molecule has 0 saturated carbocycles. The largest absolute Gasteiger partial charge is 0.491 e. The van der Waals surface area contributed by atoms with Gasteiger partial charge in [-0.25, -0.2) is 0 Å². The Labute approximate surface area is 128 Å². The second-order valence-corrected chi connectivity index (χ2v) is 4.66. The number of nitrogens with zero attached hydrogens (tertiary/aromatic N) is 3. The molecule has 7 heteroatoms. The first-order chi connectivity index (χ1) is 10.2. The molecule has 0 aliphatic carbocycles. The van der Waals surface area contributed by atoms with Crippen LogP contribution in [0.2, 0.25) is 5.28 Å². The number of hydrogen-bond acceptors (Lipinski definition) is 6. The molecule has 2 N–H and O–H groups in total. The van der Waals surface area contributed by atoms with Crippen molar-refractivity contribution in [3.8, 4) is 5.75 Å². The average Bonchev–Trinajstić information content (AvgIpc) is 2.45. The van der Waals surface area contributed by atoms with E-state index >= 15 is 0 Å². The lowest BCUT2D eigenvalue weighted by atomic mass is 10.2. The van der Waals surface area contributed by atoms with Crippen LogP contribution in [0.15, 0.2) is 24.3 Å². The summed E-state index contributed by atoms with van der Waals surface area (Å²) in [6, 6.07) is 7.88. The summed E-state index contributed by atoms with van der Waals surface area (Å²) in [5, 5.41) is 6.21. The lowest BCUT2D eigenvalue weighted by Crippen LogP contribution is -2.15. The zero-order chi connectivity index (χ0) is 15.1. The van der Waals surface area contributed by atoms with Crippen LogP contribution in [0.4, 0.5) is 11.9 Å². The minimum atomic E-state index is 0.156. The highest BCUT2D eigenvalue weighted by Crippen LogP contribution is 2.15. The summed E-state index contributed by atoms with van der Waals surface area (Å²) in [5.41, 5.74) is 1.11. The van der Waals surface area contributed by atoms with E-state index in [1.54, 1.807) is 0 Å². The number of rotatable bonds is 7. The first-order valence-electron chi connectivity index (χ1n) is 6.76. The lowest BCUT2D eigenvalue weighted by molar-refractivity contribution is 0.330. The first kappa shape index (κ1) is 15.3. The number of aromatic nitrogens is 3. The highest BCUT2D eigenvalue weighted by molar-refractivity contribution is 6.28. The van der Waals surface area contributed by atoms with Crippen LogP contribution in [-0.2, 0) is 0 Å². The van der Waals surface area contributed by atoms with Crippen LogP contribution in [0.5, 0.6) is 5.75 Å². The van der Waals surface area contributed by atoms with E-state index in [4.69, 9.17) is 16.3 Å². The number of halogens is 1. The monoisotopic (exact) mass is 307 g/mol. The van der Waals surface area contributed by atoms with E-state index in [2.05, 4.69) is 25.6 Å². The van der Waals surface area contributed by atoms with Gasteiger partial charge in [-0.2, -0.15) is 15.0 Å². The van der Waals surface area contributed by atoms with E-state index in [0.717, 1.165) is 17.9 Å². The Bertz CT molecular complexity index is 593.